The van der Waals surface area contributed by atoms with E-state index in [1.807, 2.05) is 30.3 Å². The fourth-order valence-electron chi connectivity index (χ4n) is 2.55. The van der Waals surface area contributed by atoms with Gasteiger partial charge in [-0.15, -0.1) is 0 Å². The zero-order valence-corrected chi connectivity index (χ0v) is 11.8. The number of nitrogens with two attached hydrogens (primary N) is 1. The summed E-state index contributed by atoms with van der Waals surface area (Å²) < 4.78 is 27.0. The Balaban J connectivity index is 2.14. The molecular formula is C14H17N3O2S. The fourth-order valence-corrected chi connectivity index (χ4v) is 4.28. The van der Waals surface area contributed by atoms with Crippen LogP contribution in [-0.2, 0) is 10.0 Å². The van der Waals surface area contributed by atoms with Crippen molar-refractivity contribution in [1.82, 2.24) is 9.62 Å². The maximum Gasteiger partial charge on any atom is 0.245 e. The van der Waals surface area contributed by atoms with Crippen molar-refractivity contribution >= 4 is 20.8 Å². The molecule has 5 nitrogen and oxygen atoms in total. The van der Waals surface area contributed by atoms with Gasteiger partial charge in [0.2, 0.25) is 10.0 Å². The van der Waals surface area contributed by atoms with Gasteiger partial charge in [0.05, 0.1) is 11.1 Å². The number of fused-ring (bicyclic) bond motifs is 1. The normalized spacial score (nSPS) is 21.1. The smallest absolute Gasteiger partial charge is 0.245 e. The first-order valence-corrected chi connectivity index (χ1v) is 8.00. The maximum absolute atomic E-state index is 12.8. The van der Waals surface area contributed by atoms with E-state index in [-0.39, 0.29) is 0 Å². The number of hydrogen-bond donors (Lipinski definition) is 2. The quantitative estimate of drug-likeness (QED) is 0.855. The zero-order chi connectivity index (χ0) is 14.2. The predicted molar refractivity (Wildman–Crippen MR) is 78.7 cm³/mol. The van der Waals surface area contributed by atoms with Gasteiger partial charge in [0, 0.05) is 25.0 Å². The molecule has 20 heavy (non-hydrogen) atoms. The van der Waals surface area contributed by atoms with Crippen molar-refractivity contribution in [3.05, 3.63) is 42.5 Å². The Morgan fingerprint density at radius 1 is 1.15 bits per heavy atom. The molecule has 0 spiro atoms. The summed E-state index contributed by atoms with van der Waals surface area (Å²) in [5, 5.41) is 4.75. The van der Waals surface area contributed by atoms with E-state index < -0.39 is 16.2 Å². The number of rotatable bonds is 2. The van der Waals surface area contributed by atoms with Crippen LogP contribution in [0.2, 0.25) is 0 Å². The highest BCUT2D eigenvalue weighted by atomic mass is 32.2. The Labute approximate surface area is 118 Å². The molecule has 1 saturated heterocycles. The number of hydrogen-bond acceptors (Lipinski definition) is 4. The van der Waals surface area contributed by atoms with Crippen molar-refractivity contribution in [2.45, 2.75) is 11.1 Å². The summed E-state index contributed by atoms with van der Waals surface area (Å²) in [4.78, 5) is 0.327. The van der Waals surface area contributed by atoms with Crippen LogP contribution >= 0.6 is 0 Å². The Morgan fingerprint density at radius 2 is 1.90 bits per heavy atom. The molecule has 1 fully saturated rings. The van der Waals surface area contributed by atoms with E-state index in [2.05, 4.69) is 5.32 Å². The van der Waals surface area contributed by atoms with Gasteiger partial charge in [-0.1, -0.05) is 36.4 Å². The lowest BCUT2D eigenvalue weighted by Crippen LogP contribution is -2.57. The highest BCUT2D eigenvalue weighted by Crippen LogP contribution is 2.26. The number of piperazine rings is 1. The van der Waals surface area contributed by atoms with Crippen LogP contribution in [0.4, 0.5) is 0 Å². The average Bonchev–Trinajstić information content (AvgIpc) is 2.47. The molecule has 1 atom stereocenters. The van der Waals surface area contributed by atoms with E-state index in [0.29, 0.717) is 24.5 Å². The first kappa shape index (κ1) is 13.5. The SMILES string of the molecule is NC1CNCCN1S(=O)(=O)c1cccc2ccccc12. The highest BCUT2D eigenvalue weighted by molar-refractivity contribution is 7.89. The summed E-state index contributed by atoms with van der Waals surface area (Å²) in [5.74, 6) is 0. The van der Waals surface area contributed by atoms with Gasteiger partial charge in [0.25, 0.3) is 0 Å². The van der Waals surface area contributed by atoms with E-state index >= 15 is 0 Å². The molecule has 1 heterocycles. The van der Waals surface area contributed by atoms with Gasteiger partial charge in [0.1, 0.15) is 0 Å². The van der Waals surface area contributed by atoms with Gasteiger partial charge >= 0.3 is 0 Å². The summed E-state index contributed by atoms with van der Waals surface area (Å²) in [6, 6.07) is 12.8. The molecule has 0 bridgehead atoms. The molecule has 1 aliphatic heterocycles. The summed E-state index contributed by atoms with van der Waals surface area (Å²) in [6.07, 6.45) is -0.521. The van der Waals surface area contributed by atoms with Gasteiger partial charge in [0.15, 0.2) is 0 Å². The Hall–Kier alpha value is -1.47. The fraction of sp³-hybridized carbons (Fsp3) is 0.286. The van der Waals surface area contributed by atoms with Crippen molar-refractivity contribution < 1.29 is 8.42 Å². The second-order valence-corrected chi connectivity index (χ2v) is 6.72. The molecule has 0 saturated carbocycles. The number of benzene rings is 2. The molecule has 106 valence electrons. The van der Waals surface area contributed by atoms with E-state index in [1.54, 1.807) is 12.1 Å². The van der Waals surface area contributed by atoms with Crippen LogP contribution in [0.1, 0.15) is 0 Å². The van der Waals surface area contributed by atoms with Crippen LogP contribution in [0.15, 0.2) is 47.4 Å². The molecule has 3 N–H and O–H groups in total. The number of nitrogens with one attached hydrogen (secondary N) is 1. The van der Waals surface area contributed by atoms with E-state index in [1.165, 1.54) is 4.31 Å². The molecule has 0 aliphatic carbocycles. The molecule has 0 radical (unpaired) electrons. The van der Waals surface area contributed by atoms with Gasteiger partial charge in [-0.25, -0.2) is 8.42 Å². The van der Waals surface area contributed by atoms with Gasteiger partial charge in [-0.3, -0.25) is 0 Å². The number of sulfonamides is 1. The molecule has 2 aromatic rings. The number of nitrogens with zero attached hydrogens (tertiary/aromatic N) is 1. The van der Waals surface area contributed by atoms with Crippen LogP contribution in [0, 0.1) is 0 Å². The highest BCUT2D eigenvalue weighted by Gasteiger charge is 2.32. The Kier molecular flexibility index (Phi) is 3.47. The molecule has 3 rings (SSSR count). The lowest BCUT2D eigenvalue weighted by molar-refractivity contribution is 0.273. The van der Waals surface area contributed by atoms with E-state index in [0.717, 1.165) is 10.8 Å². The van der Waals surface area contributed by atoms with Gasteiger partial charge < -0.3 is 11.1 Å². The summed E-state index contributed by atoms with van der Waals surface area (Å²) in [6.45, 7) is 1.49. The van der Waals surface area contributed by atoms with Gasteiger partial charge in [-0.2, -0.15) is 4.31 Å². The van der Waals surface area contributed by atoms with Crippen LogP contribution in [0.5, 0.6) is 0 Å². The molecule has 1 unspecified atom stereocenters. The van der Waals surface area contributed by atoms with Crippen LogP contribution in [-0.4, -0.2) is 38.5 Å². The first-order valence-electron chi connectivity index (χ1n) is 6.56. The third-order valence-electron chi connectivity index (χ3n) is 3.57. The predicted octanol–water partition coefficient (Wildman–Crippen LogP) is 0.719. The van der Waals surface area contributed by atoms with Crippen molar-refractivity contribution in [1.29, 1.82) is 0 Å². The minimum atomic E-state index is -3.57. The lowest BCUT2D eigenvalue weighted by Gasteiger charge is -2.32. The second kappa shape index (κ2) is 5.14. The Bertz CT molecular complexity index is 725. The maximum atomic E-state index is 12.8. The molecular weight excluding hydrogens is 274 g/mol. The van der Waals surface area contributed by atoms with Crippen molar-refractivity contribution in [3.63, 3.8) is 0 Å². The van der Waals surface area contributed by atoms with Crippen LogP contribution in [0.25, 0.3) is 10.8 Å². The largest absolute Gasteiger partial charge is 0.314 e. The lowest BCUT2D eigenvalue weighted by atomic mass is 10.1. The standard InChI is InChI=1S/C14H17N3O2S/c15-14-10-16-8-9-17(14)20(18,19)13-7-3-5-11-4-1-2-6-12(11)13/h1-7,14,16H,8-10,15H2. The summed E-state index contributed by atoms with van der Waals surface area (Å²) >= 11 is 0. The third-order valence-corrected chi connectivity index (χ3v) is 5.55. The Morgan fingerprint density at radius 3 is 2.70 bits per heavy atom. The molecule has 0 amide bonds. The molecule has 0 aromatic heterocycles. The van der Waals surface area contributed by atoms with Crippen molar-refractivity contribution in [3.8, 4) is 0 Å². The van der Waals surface area contributed by atoms with Gasteiger partial charge in [-0.05, 0) is 11.5 Å². The summed E-state index contributed by atoms with van der Waals surface area (Å²) in [5.41, 5.74) is 5.93. The zero-order valence-electron chi connectivity index (χ0n) is 11.0. The monoisotopic (exact) mass is 291 g/mol. The minimum absolute atomic E-state index is 0.327. The minimum Gasteiger partial charge on any atom is -0.314 e. The van der Waals surface area contributed by atoms with Crippen molar-refractivity contribution in [2.24, 2.45) is 5.73 Å². The molecule has 6 heteroatoms. The summed E-state index contributed by atoms with van der Waals surface area (Å²) in [7, 11) is -3.57. The second-order valence-electron chi connectivity index (χ2n) is 4.86. The topological polar surface area (TPSA) is 75.4 Å². The van der Waals surface area contributed by atoms with Crippen LogP contribution in [0.3, 0.4) is 0 Å². The molecule has 2 aromatic carbocycles. The van der Waals surface area contributed by atoms with E-state index in [9.17, 15) is 8.42 Å². The van der Waals surface area contributed by atoms with Crippen LogP contribution < -0.4 is 11.1 Å². The first-order chi connectivity index (χ1) is 9.60. The third kappa shape index (κ3) is 2.20. The molecule has 1 aliphatic rings. The van der Waals surface area contributed by atoms with Crippen molar-refractivity contribution in [2.75, 3.05) is 19.6 Å². The van der Waals surface area contributed by atoms with E-state index in [4.69, 9.17) is 5.73 Å². The average molecular weight is 291 g/mol.